The van der Waals surface area contributed by atoms with Gasteiger partial charge in [-0.1, -0.05) is 6.07 Å². The van der Waals surface area contributed by atoms with Gasteiger partial charge in [-0.25, -0.2) is 19.3 Å². The van der Waals surface area contributed by atoms with Crippen LogP contribution in [0.1, 0.15) is 0 Å². The predicted octanol–water partition coefficient (Wildman–Crippen LogP) is 4.74. The minimum absolute atomic E-state index is 0.321. The zero-order valence-electron chi connectivity index (χ0n) is 20.3. The molecule has 0 unspecified atom stereocenters. The molecule has 5 heterocycles. The van der Waals surface area contributed by atoms with E-state index in [1.165, 1.54) is 12.1 Å². The van der Waals surface area contributed by atoms with E-state index >= 15 is 0 Å². The first-order chi connectivity index (χ1) is 18.0. The highest BCUT2D eigenvalue weighted by Crippen LogP contribution is 2.33. The first-order valence-corrected chi connectivity index (χ1v) is 11.8. The van der Waals surface area contributed by atoms with E-state index in [-0.39, 0.29) is 5.82 Å². The summed E-state index contributed by atoms with van der Waals surface area (Å²) in [7, 11) is 4.00. The van der Waals surface area contributed by atoms with Gasteiger partial charge < -0.3 is 15.2 Å². The van der Waals surface area contributed by atoms with E-state index in [1.807, 2.05) is 44.4 Å². The highest BCUT2D eigenvalue weighted by atomic mass is 19.1. The Morgan fingerprint density at radius 3 is 2.70 bits per heavy atom. The van der Waals surface area contributed by atoms with Crippen molar-refractivity contribution >= 4 is 27.9 Å². The Bertz CT molecular complexity index is 1710. The quantitative estimate of drug-likeness (QED) is 0.295. The van der Waals surface area contributed by atoms with Gasteiger partial charge in [-0.2, -0.15) is 5.10 Å². The van der Waals surface area contributed by atoms with Crippen molar-refractivity contribution in [2.24, 2.45) is 0 Å². The van der Waals surface area contributed by atoms with Crippen molar-refractivity contribution in [2.75, 3.05) is 32.5 Å². The lowest BCUT2D eigenvalue weighted by atomic mass is 10.0. The fourth-order valence-corrected chi connectivity index (χ4v) is 4.30. The summed E-state index contributed by atoms with van der Waals surface area (Å²) in [5, 5.41) is 11.6. The molecule has 0 radical (unpaired) electrons. The number of benzene rings is 1. The molecule has 0 saturated carbocycles. The molecule has 0 aliphatic heterocycles. The second kappa shape index (κ2) is 9.40. The van der Waals surface area contributed by atoms with E-state index in [4.69, 9.17) is 4.98 Å². The summed E-state index contributed by atoms with van der Waals surface area (Å²) >= 11 is 0. The van der Waals surface area contributed by atoms with Crippen molar-refractivity contribution in [2.45, 2.75) is 0 Å². The number of aromatic nitrogens is 7. The van der Waals surface area contributed by atoms with E-state index in [0.29, 0.717) is 46.1 Å². The minimum atomic E-state index is -0.321. The number of aromatic amines is 2. The molecule has 6 aromatic rings. The number of fused-ring (bicyclic) bond motifs is 2. The Balaban J connectivity index is 1.41. The first kappa shape index (κ1) is 22.7. The number of hydrogen-bond acceptors (Lipinski definition) is 7. The smallest absolute Gasteiger partial charge is 0.161 e. The van der Waals surface area contributed by atoms with Gasteiger partial charge in [-0.3, -0.25) is 10.1 Å². The lowest BCUT2D eigenvalue weighted by Gasteiger charge is -2.12. The topological polar surface area (TPSA) is 111 Å². The molecule has 184 valence electrons. The van der Waals surface area contributed by atoms with Crippen LogP contribution in [0.4, 0.5) is 10.1 Å². The van der Waals surface area contributed by atoms with Crippen molar-refractivity contribution < 1.29 is 4.39 Å². The van der Waals surface area contributed by atoms with Gasteiger partial charge in [-0.15, -0.1) is 0 Å². The maximum absolute atomic E-state index is 14.6. The normalized spacial score (nSPS) is 11.6. The van der Waals surface area contributed by atoms with Crippen LogP contribution in [-0.4, -0.2) is 67.2 Å². The van der Waals surface area contributed by atoms with Crippen LogP contribution in [0.25, 0.3) is 56.0 Å². The molecule has 0 atom stereocenters. The van der Waals surface area contributed by atoms with Crippen molar-refractivity contribution in [1.82, 2.24) is 40.0 Å². The Hall–Kier alpha value is -4.70. The third-order valence-corrected chi connectivity index (χ3v) is 6.12. The molecule has 0 saturated heterocycles. The van der Waals surface area contributed by atoms with Gasteiger partial charge in [0, 0.05) is 60.3 Å². The van der Waals surface area contributed by atoms with Gasteiger partial charge in [0.05, 0.1) is 5.39 Å². The maximum atomic E-state index is 14.6. The van der Waals surface area contributed by atoms with Crippen LogP contribution < -0.4 is 5.32 Å². The Labute approximate surface area is 211 Å². The lowest BCUT2D eigenvalue weighted by molar-refractivity contribution is 0.425. The molecule has 0 aliphatic rings. The third-order valence-electron chi connectivity index (χ3n) is 6.12. The first-order valence-electron chi connectivity index (χ1n) is 11.8. The van der Waals surface area contributed by atoms with Gasteiger partial charge in [0.1, 0.15) is 17.0 Å². The summed E-state index contributed by atoms with van der Waals surface area (Å²) in [4.78, 5) is 23.4. The van der Waals surface area contributed by atoms with Gasteiger partial charge in [0.15, 0.2) is 17.1 Å². The molecule has 0 bridgehead atoms. The van der Waals surface area contributed by atoms with Crippen LogP contribution in [0, 0.1) is 5.82 Å². The molecule has 6 rings (SSSR count). The van der Waals surface area contributed by atoms with Gasteiger partial charge >= 0.3 is 0 Å². The number of pyridine rings is 3. The summed E-state index contributed by atoms with van der Waals surface area (Å²) in [5.41, 5.74) is 6.58. The number of nitrogens with one attached hydrogen (secondary N) is 3. The number of anilines is 1. The number of H-pyrrole nitrogens is 2. The summed E-state index contributed by atoms with van der Waals surface area (Å²) in [5.74, 6) is 0.227. The molecule has 9 nitrogen and oxygen atoms in total. The van der Waals surface area contributed by atoms with E-state index in [9.17, 15) is 4.39 Å². The van der Waals surface area contributed by atoms with Crippen LogP contribution in [-0.2, 0) is 0 Å². The predicted molar refractivity (Wildman–Crippen MR) is 142 cm³/mol. The molecule has 1 aromatic carbocycles. The molecule has 0 spiro atoms. The Morgan fingerprint density at radius 1 is 0.946 bits per heavy atom. The summed E-state index contributed by atoms with van der Waals surface area (Å²) in [6, 6.07) is 12.7. The third kappa shape index (κ3) is 4.50. The summed E-state index contributed by atoms with van der Waals surface area (Å²) < 4.78 is 14.6. The summed E-state index contributed by atoms with van der Waals surface area (Å²) in [6.45, 7) is 1.54. The van der Waals surface area contributed by atoms with Crippen molar-refractivity contribution in [3.05, 3.63) is 73.1 Å². The molecular formula is C27H24FN9. The Morgan fingerprint density at radius 2 is 1.86 bits per heavy atom. The molecule has 0 aliphatic carbocycles. The zero-order valence-corrected chi connectivity index (χ0v) is 20.3. The number of nitrogens with zero attached hydrogens (tertiary/aromatic N) is 6. The molecule has 10 heteroatoms. The highest BCUT2D eigenvalue weighted by Gasteiger charge is 2.17. The molecule has 0 amide bonds. The van der Waals surface area contributed by atoms with Crippen LogP contribution in [0.15, 0.2) is 67.3 Å². The average molecular weight is 494 g/mol. The molecular weight excluding hydrogens is 469 g/mol. The number of hydrogen-bond donors (Lipinski definition) is 3. The second-order valence-corrected chi connectivity index (χ2v) is 9.03. The second-order valence-electron chi connectivity index (χ2n) is 9.03. The fraction of sp³-hybridized carbons (Fsp3) is 0.148. The standard InChI is InChI=1S/C27H24FN9/c1-37(2)9-8-30-20-11-17(10-19(28)13-20)21-5-7-31-26-23(21)33-27(34-26)24-22-12-18(15-32-25(22)36-35-24)16-4-3-6-29-14-16/h3-7,10-15,30H,8-9H2,1-2H3,(H,31,33,34)(H,32,35,36). The average Bonchev–Trinajstić information content (AvgIpc) is 3.52. The van der Waals surface area contributed by atoms with Gasteiger partial charge in [-0.05, 0) is 56.1 Å². The van der Waals surface area contributed by atoms with Crippen molar-refractivity contribution in [3.8, 4) is 33.8 Å². The van der Waals surface area contributed by atoms with Crippen molar-refractivity contribution in [3.63, 3.8) is 0 Å². The Kier molecular flexibility index (Phi) is 5.78. The van der Waals surface area contributed by atoms with Gasteiger partial charge in [0.25, 0.3) is 0 Å². The zero-order chi connectivity index (χ0) is 25.4. The number of likely N-dealkylation sites (N-methyl/N-ethyl adjacent to an activating group) is 1. The van der Waals surface area contributed by atoms with E-state index in [2.05, 4.69) is 40.3 Å². The summed E-state index contributed by atoms with van der Waals surface area (Å²) in [6.07, 6.45) is 7.00. The van der Waals surface area contributed by atoms with Crippen LogP contribution >= 0.6 is 0 Å². The van der Waals surface area contributed by atoms with E-state index < -0.39 is 0 Å². The van der Waals surface area contributed by atoms with Crippen LogP contribution in [0.3, 0.4) is 0 Å². The SMILES string of the molecule is CN(C)CCNc1cc(F)cc(-c2ccnc3[nH]c(-c4n[nH]c5ncc(-c6cccnc6)cc45)nc23)c1. The van der Waals surface area contributed by atoms with E-state index in [0.717, 1.165) is 28.6 Å². The van der Waals surface area contributed by atoms with Crippen LogP contribution in [0.2, 0.25) is 0 Å². The largest absolute Gasteiger partial charge is 0.384 e. The molecule has 0 fully saturated rings. The molecule has 37 heavy (non-hydrogen) atoms. The molecule has 3 N–H and O–H groups in total. The minimum Gasteiger partial charge on any atom is -0.384 e. The fourth-order valence-electron chi connectivity index (χ4n) is 4.30. The monoisotopic (exact) mass is 493 g/mol. The number of imidazole rings is 1. The molecule has 5 aromatic heterocycles. The van der Waals surface area contributed by atoms with Gasteiger partial charge in [0.2, 0.25) is 0 Å². The van der Waals surface area contributed by atoms with E-state index in [1.54, 1.807) is 24.8 Å². The van der Waals surface area contributed by atoms with Crippen LogP contribution in [0.5, 0.6) is 0 Å². The lowest BCUT2D eigenvalue weighted by Crippen LogP contribution is -2.20. The number of halogens is 1. The highest BCUT2D eigenvalue weighted by molar-refractivity contribution is 5.96. The number of rotatable bonds is 7. The van der Waals surface area contributed by atoms with Crippen molar-refractivity contribution in [1.29, 1.82) is 0 Å². The maximum Gasteiger partial charge on any atom is 0.161 e.